The van der Waals surface area contributed by atoms with Crippen molar-refractivity contribution in [3.05, 3.63) is 72.3 Å². The fourth-order valence-electron chi connectivity index (χ4n) is 3.96. The van der Waals surface area contributed by atoms with Crippen molar-refractivity contribution >= 4 is 44.8 Å². The number of allylic oxidation sites excluding steroid dienone is 1. The molecular weight excluding hydrogens is 498 g/mol. The van der Waals surface area contributed by atoms with Gasteiger partial charge in [0.05, 0.1) is 5.71 Å². The van der Waals surface area contributed by atoms with E-state index in [9.17, 15) is 18.4 Å². The van der Waals surface area contributed by atoms with Gasteiger partial charge in [-0.1, -0.05) is 29.4 Å². The van der Waals surface area contributed by atoms with Crippen LogP contribution < -0.4 is 14.9 Å². The van der Waals surface area contributed by atoms with Crippen molar-refractivity contribution in [1.82, 2.24) is 10.0 Å². The number of piperazine rings is 1. The van der Waals surface area contributed by atoms with Crippen LogP contribution in [0.25, 0.3) is 0 Å². The van der Waals surface area contributed by atoms with Crippen LogP contribution in [0.5, 0.6) is 0 Å². The van der Waals surface area contributed by atoms with Crippen molar-refractivity contribution in [3.8, 4) is 0 Å². The van der Waals surface area contributed by atoms with Crippen LogP contribution in [-0.2, 0) is 10.0 Å². The number of hydrogen-bond acceptors (Lipinski definition) is 9. The van der Waals surface area contributed by atoms with Crippen LogP contribution in [0.2, 0.25) is 0 Å². The lowest BCUT2D eigenvalue weighted by atomic mass is 10.0. The number of carbonyl (C=O) groups excluding carboxylic acids is 1. The number of thioether (sulfide) groups is 1. The Balaban J connectivity index is 1.35. The number of aliphatic imine (C=N–C) groups is 1. The molecule has 1 amide bonds. The Morgan fingerprint density at radius 1 is 1.11 bits per heavy atom. The van der Waals surface area contributed by atoms with E-state index in [-0.39, 0.29) is 17.7 Å². The molecule has 190 valence electrons. The molecule has 1 fully saturated rings. The average Bonchev–Trinajstić information content (AvgIpc) is 2.92. The summed E-state index contributed by atoms with van der Waals surface area (Å²) >= 11 is 1.65. The van der Waals surface area contributed by atoms with Gasteiger partial charge < -0.3 is 15.4 Å². The second-order valence-corrected chi connectivity index (χ2v) is 11.4. The second-order valence-electron chi connectivity index (χ2n) is 8.34. The molecular formula is C25H29N5O4S2. The zero-order valence-corrected chi connectivity index (χ0v) is 21.3. The van der Waals surface area contributed by atoms with Crippen LogP contribution >= 0.6 is 11.8 Å². The first-order valence-corrected chi connectivity index (χ1v) is 14.2. The minimum Gasteiger partial charge on any atom is -0.411 e. The third kappa shape index (κ3) is 6.74. The predicted molar refractivity (Wildman–Crippen MR) is 144 cm³/mol. The van der Waals surface area contributed by atoms with Gasteiger partial charge in [-0.15, -0.1) is 11.8 Å². The van der Waals surface area contributed by atoms with Gasteiger partial charge >= 0.3 is 0 Å². The van der Waals surface area contributed by atoms with Gasteiger partial charge in [-0.25, -0.2) is 13.1 Å². The first kappa shape index (κ1) is 25.9. The Kier molecular flexibility index (Phi) is 8.79. The van der Waals surface area contributed by atoms with Gasteiger partial charge in [0.2, 0.25) is 10.0 Å². The maximum absolute atomic E-state index is 12.9. The average molecular weight is 528 g/mol. The highest BCUT2D eigenvalue weighted by molar-refractivity contribution is 7.99. The summed E-state index contributed by atoms with van der Waals surface area (Å²) < 4.78 is 27.9. The SMILES string of the molecule is O=C(NS(=O)(=O)C1C=CC(=NCCSc2ccccc2)C(=NO)C1)c1ccc(N2CCNCC2)cc1. The van der Waals surface area contributed by atoms with Gasteiger partial charge in [0.15, 0.2) is 0 Å². The molecule has 1 heterocycles. The van der Waals surface area contributed by atoms with E-state index in [1.165, 1.54) is 12.2 Å². The summed E-state index contributed by atoms with van der Waals surface area (Å²) in [6.45, 7) is 4.03. The number of anilines is 1. The molecule has 1 saturated heterocycles. The largest absolute Gasteiger partial charge is 0.411 e. The van der Waals surface area contributed by atoms with Crippen molar-refractivity contribution < 1.29 is 18.4 Å². The fraction of sp³-hybridized carbons (Fsp3) is 0.320. The van der Waals surface area contributed by atoms with Gasteiger partial charge in [-0.05, 0) is 42.5 Å². The molecule has 3 N–H and O–H groups in total. The van der Waals surface area contributed by atoms with Crippen LogP contribution in [0, 0.1) is 0 Å². The smallest absolute Gasteiger partial charge is 0.264 e. The Morgan fingerprint density at radius 3 is 2.53 bits per heavy atom. The molecule has 1 unspecified atom stereocenters. The van der Waals surface area contributed by atoms with Crippen LogP contribution in [0.3, 0.4) is 0 Å². The highest BCUT2D eigenvalue weighted by Gasteiger charge is 2.31. The summed E-state index contributed by atoms with van der Waals surface area (Å²) in [5.41, 5.74) is 1.85. The van der Waals surface area contributed by atoms with E-state index >= 15 is 0 Å². The predicted octanol–water partition coefficient (Wildman–Crippen LogP) is 2.55. The van der Waals surface area contributed by atoms with E-state index in [0.29, 0.717) is 12.3 Å². The number of hydrogen-bond donors (Lipinski definition) is 3. The topological polar surface area (TPSA) is 123 Å². The number of nitrogens with one attached hydrogen (secondary N) is 2. The Morgan fingerprint density at radius 2 is 1.83 bits per heavy atom. The molecule has 36 heavy (non-hydrogen) atoms. The highest BCUT2D eigenvalue weighted by atomic mass is 32.2. The number of carbonyl (C=O) groups is 1. The molecule has 11 heteroatoms. The lowest BCUT2D eigenvalue weighted by Gasteiger charge is -2.29. The number of amides is 1. The minimum absolute atomic E-state index is 0.0811. The first-order chi connectivity index (χ1) is 17.5. The molecule has 0 spiro atoms. The Hall–Kier alpha value is -3.15. The van der Waals surface area contributed by atoms with Crippen LogP contribution in [0.1, 0.15) is 16.8 Å². The Labute approximate surface area is 215 Å². The van der Waals surface area contributed by atoms with Gasteiger partial charge in [-0.2, -0.15) is 0 Å². The summed E-state index contributed by atoms with van der Waals surface area (Å²) in [5, 5.41) is 15.0. The molecule has 0 aromatic heterocycles. The lowest BCUT2D eigenvalue weighted by Crippen LogP contribution is -2.43. The number of benzene rings is 2. The second kappa shape index (κ2) is 12.2. The maximum Gasteiger partial charge on any atom is 0.264 e. The van der Waals surface area contributed by atoms with Crippen LogP contribution in [0.4, 0.5) is 5.69 Å². The summed E-state index contributed by atoms with van der Waals surface area (Å²) in [6, 6.07) is 16.8. The number of nitrogens with zero attached hydrogens (tertiary/aromatic N) is 3. The molecule has 0 radical (unpaired) electrons. The van der Waals surface area contributed by atoms with E-state index in [0.717, 1.165) is 42.5 Å². The van der Waals surface area contributed by atoms with Gasteiger partial charge in [0.1, 0.15) is 11.0 Å². The van der Waals surface area contributed by atoms with E-state index in [2.05, 4.69) is 25.1 Å². The third-order valence-electron chi connectivity index (χ3n) is 5.91. The van der Waals surface area contributed by atoms with Crippen molar-refractivity contribution in [3.63, 3.8) is 0 Å². The van der Waals surface area contributed by atoms with Crippen molar-refractivity contribution in [1.29, 1.82) is 0 Å². The van der Waals surface area contributed by atoms with Crippen LogP contribution in [-0.4, -0.2) is 74.7 Å². The summed E-state index contributed by atoms with van der Waals surface area (Å²) in [4.78, 5) is 20.4. The zero-order valence-electron chi connectivity index (χ0n) is 19.7. The summed E-state index contributed by atoms with van der Waals surface area (Å²) in [7, 11) is -4.05. The monoisotopic (exact) mass is 527 g/mol. The molecule has 0 saturated carbocycles. The molecule has 1 aliphatic carbocycles. The summed E-state index contributed by atoms with van der Waals surface area (Å²) in [6.07, 6.45) is 2.92. The molecule has 1 aliphatic heterocycles. The van der Waals surface area contributed by atoms with Crippen LogP contribution in [0.15, 0.2) is 81.8 Å². The number of oxime groups is 1. The molecule has 2 aromatic rings. The van der Waals surface area contributed by atoms with E-state index in [4.69, 9.17) is 0 Å². The third-order valence-corrected chi connectivity index (χ3v) is 8.49. The number of sulfonamides is 1. The van der Waals surface area contributed by atoms with Gasteiger partial charge in [-0.3, -0.25) is 9.79 Å². The molecule has 0 bridgehead atoms. The normalized spacial score (nSPS) is 20.6. The Bertz CT molecular complexity index is 1240. The lowest BCUT2D eigenvalue weighted by molar-refractivity contribution is 0.0981. The molecule has 2 aromatic carbocycles. The molecule has 9 nitrogen and oxygen atoms in total. The molecule has 2 aliphatic rings. The van der Waals surface area contributed by atoms with E-state index in [1.807, 2.05) is 42.5 Å². The molecule has 4 rings (SSSR count). The highest BCUT2D eigenvalue weighted by Crippen LogP contribution is 2.19. The molecule has 1 atom stereocenters. The van der Waals surface area contributed by atoms with Crippen molar-refractivity contribution in [2.24, 2.45) is 10.1 Å². The first-order valence-electron chi connectivity index (χ1n) is 11.7. The summed E-state index contributed by atoms with van der Waals surface area (Å²) in [5.74, 6) is 0.0285. The van der Waals surface area contributed by atoms with Crippen molar-refractivity contribution in [2.75, 3.05) is 43.4 Å². The minimum atomic E-state index is -4.05. The van der Waals surface area contributed by atoms with Crippen molar-refractivity contribution in [2.45, 2.75) is 16.6 Å². The number of rotatable bonds is 8. The van der Waals surface area contributed by atoms with Gasteiger partial charge in [0, 0.05) is 61.0 Å². The van der Waals surface area contributed by atoms with Gasteiger partial charge in [0.25, 0.3) is 5.91 Å². The fourth-order valence-corrected chi connectivity index (χ4v) is 5.92. The standard InChI is InChI=1S/C25H29N5O4S2/c31-25(19-6-8-20(9-7-19)30-15-12-26-13-16-30)29-36(33,34)22-10-11-23(24(18-22)28-32)27-14-17-35-21-4-2-1-3-5-21/h1-11,22,26,32H,12-18H2,(H,29,31). The zero-order chi connectivity index (χ0) is 25.4. The van der Waals surface area contributed by atoms with E-state index < -0.39 is 21.2 Å². The maximum atomic E-state index is 12.9. The quantitative estimate of drug-likeness (QED) is 0.209. The van der Waals surface area contributed by atoms with E-state index in [1.54, 1.807) is 23.9 Å².